The number of ether oxygens (including phenoxy) is 2. The van der Waals surface area contributed by atoms with E-state index in [1.807, 2.05) is 19.1 Å². The Hall–Kier alpha value is -2.27. The zero-order chi connectivity index (χ0) is 23.0. The van der Waals surface area contributed by atoms with Crippen LogP contribution in [0.5, 0.6) is 0 Å². The van der Waals surface area contributed by atoms with Crippen LogP contribution in [0.4, 0.5) is 13.2 Å². The molecule has 0 fully saturated rings. The maximum atomic E-state index is 15.0. The van der Waals surface area contributed by atoms with Gasteiger partial charge in [0.05, 0.1) is 0 Å². The number of hydrogen-bond donors (Lipinski definition) is 0. The minimum atomic E-state index is -3.64. The highest BCUT2D eigenvalue weighted by Gasteiger charge is 2.43. The monoisotopic (exact) mass is 446 g/mol. The number of allylic oxidation sites excluding steroid dienone is 1. The quantitative estimate of drug-likeness (QED) is 0.313. The van der Waals surface area contributed by atoms with E-state index in [9.17, 15) is 13.2 Å². The van der Waals surface area contributed by atoms with Crippen LogP contribution in [-0.2, 0) is 34.8 Å². The maximum Gasteiger partial charge on any atom is 0.429 e. The fourth-order valence-electron chi connectivity index (χ4n) is 3.91. The maximum absolute atomic E-state index is 15.0. The third-order valence-corrected chi connectivity index (χ3v) is 5.72. The van der Waals surface area contributed by atoms with Crippen LogP contribution >= 0.6 is 0 Å². The molecule has 0 bridgehead atoms. The van der Waals surface area contributed by atoms with Gasteiger partial charge in [0.15, 0.2) is 0 Å². The molecule has 174 valence electrons. The van der Waals surface area contributed by atoms with Gasteiger partial charge in [-0.3, -0.25) is 0 Å². The Labute approximate surface area is 189 Å². The minimum absolute atomic E-state index is 0.199. The van der Waals surface area contributed by atoms with Crippen LogP contribution in [0.2, 0.25) is 0 Å². The molecule has 0 saturated heterocycles. The van der Waals surface area contributed by atoms with E-state index < -0.39 is 17.5 Å². The number of alkyl halides is 2. The Kier molecular flexibility index (Phi) is 8.80. The van der Waals surface area contributed by atoms with Crippen LogP contribution in [0, 0.1) is 5.82 Å². The highest BCUT2D eigenvalue weighted by molar-refractivity contribution is 5.60. The first-order valence-corrected chi connectivity index (χ1v) is 11.7. The highest BCUT2D eigenvalue weighted by Crippen LogP contribution is 2.42. The lowest BCUT2D eigenvalue weighted by atomic mass is 9.95. The number of halogens is 3. The number of aryl methyl sites for hydroxylation is 3. The molecule has 0 amide bonds. The molecule has 2 aromatic carbocycles. The first kappa shape index (κ1) is 24.4. The Morgan fingerprint density at radius 2 is 1.50 bits per heavy atom. The summed E-state index contributed by atoms with van der Waals surface area (Å²) in [5.41, 5.74) is 2.13. The van der Waals surface area contributed by atoms with E-state index in [1.54, 1.807) is 12.1 Å². The van der Waals surface area contributed by atoms with Gasteiger partial charge in [0.25, 0.3) is 0 Å². The number of hydrogen-bond acceptors (Lipinski definition) is 2. The van der Waals surface area contributed by atoms with Crippen LogP contribution in [-0.4, -0.2) is 13.2 Å². The van der Waals surface area contributed by atoms with E-state index in [-0.39, 0.29) is 16.9 Å². The molecular weight excluding hydrogens is 413 g/mol. The minimum Gasteiger partial charge on any atom is -0.433 e. The summed E-state index contributed by atoms with van der Waals surface area (Å²) in [5, 5.41) is 0. The van der Waals surface area contributed by atoms with Gasteiger partial charge in [-0.05, 0) is 66.9 Å². The third kappa shape index (κ3) is 6.38. The van der Waals surface area contributed by atoms with Gasteiger partial charge in [0, 0.05) is 19.6 Å². The summed E-state index contributed by atoms with van der Waals surface area (Å²) in [7, 11) is 0. The second-order valence-corrected chi connectivity index (χ2v) is 8.37. The fourth-order valence-corrected chi connectivity index (χ4v) is 3.91. The van der Waals surface area contributed by atoms with Crippen molar-refractivity contribution in [2.24, 2.45) is 0 Å². The number of benzene rings is 2. The predicted molar refractivity (Wildman–Crippen MR) is 122 cm³/mol. The van der Waals surface area contributed by atoms with E-state index >= 15 is 0 Å². The van der Waals surface area contributed by atoms with Crippen molar-refractivity contribution in [3.63, 3.8) is 0 Å². The largest absolute Gasteiger partial charge is 0.433 e. The lowest BCUT2D eigenvalue weighted by Gasteiger charge is -2.27. The van der Waals surface area contributed by atoms with Gasteiger partial charge in [0.2, 0.25) is 0 Å². The molecule has 0 atom stereocenters. The topological polar surface area (TPSA) is 18.5 Å². The van der Waals surface area contributed by atoms with E-state index in [0.717, 1.165) is 44.5 Å². The Balaban J connectivity index is 1.58. The molecule has 0 aromatic heterocycles. The molecule has 0 N–H and O–H groups in total. The fraction of sp³-hybridized carbons (Fsp3) is 0.481. The smallest absolute Gasteiger partial charge is 0.429 e. The summed E-state index contributed by atoms with van der Waals surface area (Å²) in [5.74, 6) is -0.663. The molecule has 3 rings (SSSR count). The molecule has 1 heterocycles. The standard InChI is InChI=1S/C27H33F3O2/c1-3-5-17-31-18-6-8-20-9-11-21(12-10-20)13-14-22-15-16-23-19-24(7-4-2)32-27(29,30)25(23)26(22)28/h9-12,15-16,19H,3-8,13-14,17-18H2,1-2H3. The zero-order valence-electron chi connectivity index (χ0n) is 19.1. The average molecular weight is 447 g/mol. The summed E-state index contributed by atoms with van der Waals surface area (Å²) in [6.07, 6.45) is 4.08. The number of rotatable bonds is 12. The van der Waals surface area contributed by atoms with Crippen molar-refractivity contribution in [2.45, 2.75) is 71.3 Å². The molecule has 5 heteroatoms. The van der Waals surface area contributed by atoms with Crippen molar-refractivity contribution in [3.05, 3.63) is 75.8 Å². The first-order chi connectivity index (χ1) is 15.4. The van der Waals surface area contributed by atoms with Gasteiger partial charge in [0.1, 0.15) is 17.1 Å². The van der Waals surface area contributed by atoms with Crippen molar-refractivity contribution in [2.75, 3.05) is 13.2 Å². The summed E-state index contributed by atoms with van der Waals surface area (Å²) in [6, 6.07) is 11.4. The number of fused-ring (bicyclic) bond motifs is 1. The van der Waals surface area contributed by atoms with Gasteiger partial charge in [-0.1, -0.05) is 56.7 Å². The van der Waals surface area contributed by atoms with Crippen LogP contribution in [0.1, 0.15) is 73.8 Å². The Bertz CT molecular complexity index is 904. The summed E-state index contributed by atoms with van der Waals surface area (Å²) >= 11 is 0. The van der Waals surface area contributed by atoms with Crippen LogP contribution in [0.3, 0.4) is 0 Å². The molecule has 0 aliphatic carbocycles. The zero-order valence-corrected chi connectivity index (χ0v) is 19.1. The van der Waals surface area contributed by atoms with Gasteiger partial charge < -0.3 is 9.47 Å². The Morgan fingerprint density at radius 1 is 0.812 bits per heavy atom. The SMILES string of the molecule is CCCCOCCCc1ccc(CCc2ccc3c(c2F)C(F)(F)OC(CCC)=C3)cc1. The molecular formula is C27H33F3O2. The van der Waals surface area contributed by atoms with Crippen molar-refractivity contribution >= 4 is 6.08 Å². The lowest BCUT2D eigenvalue weighted by Crippen LogP contribution is -2.25. The van der Waals surface area contributed by atoms with Crippen LogP contribution in [0.25, 0.3) is 6.08 Å². The van der Waals surface area contributed by atoms with Gasteiger partial charge in [-0.15, -0.1) is 0 Å². The predicted octanol–water partition coefficient (Wildman–Crippen LogP) is 7.58. The first-order valence-electron chi connectivity index (χ1n) is 11.7. The van der Waals surface area contributed by atoms with Crippen molar-refractivity contribution in [1.29, 1.82) is 0 Å². The van der Waals surface area contributed by atoms with E-state index in [0.29, 0.717) is 25.7 Å². The molecule has 0 unspecified atom stereocenters. The van der Waals surface area contributed by atoms with E-state index in [2.05, 4.69) is 19.1 Å². The molecule has 2 nitrogen and oxygen atoms in total. The van der Waals surface area contributed by atoms with Crippen molar-refractivity contribution in [1.82, 2.24) is 0 Å². The molecule has 1 aliphatic rings. The van der Waals surface area contributed by atoms with Crippen LogP contribution in [0.15, 0.2) is 42.2 Å². The highest BCUT2D eigenvalue weighted by atomic mass is 19.3. The van der Waals surface area contributed by atoms with Gasteiger partial charge in [-0.25, -0.2) is 4.39 Å². The third-order valence-electron chi connectivity index (χ3n) is 5.72. The summed E-state index contributed by atoms with van der Waals surface area (Å²) in [6.45, 7) is 5.62. The van der Waals surface area contributed by atoms with Gasteiger partial charge >= 0.3 is 6.11 Å². The normalized spacial score (nSPS) is 14.6. The molecule has 0 spiro atoms. The molecule has 0 radical (unpaired) electrons. The van der Waals surface area contributed by atoms with E-state index in [1.165, 1.54) is 11.6 Å². The molecule has 1 aliphatic heterocycles. The summed E-state index contributed by atoms with van der Waals surface area (Å²) < 4.78 is 54.4. The summed E-state index contributed by atoms with van der Waals surface area (Å²) in [4.78, 5) is 0. The van der Waals surface area contributed by atoms with Crippen molar-refractivity contribution < 1.29 is 22.6 Å². The second kappa shape index (κ2) is 11.6. The van der Waals surface area contributed by atoms with E-state index in [4.69, 9.17) is 9.47 Å². The lowest BCUT2D eigenvalue weighted by molar-refractivity contribution is -0.228. The molecule has 0 saturated carbocycles. The van der Waals surface area contributed by atoms with Crippen molar-refractivity contribution in [3.8, 4) is 0 Å². The second-order valence-electron chi connectivity index (χ2n) is 8.37. The number of unbranched alkanes of at least 4 members (excludes halogenated alkanes) is 1. The molecule has 32 heavy (non-hydrogen) atoms. The molecule has 2 aromatic rings. The average Bonchev–Trinajstić information content (AvgIpc) is 2.76. The van der Waals surface area contributed by atoms with Gasteiger partial charge in [-0.2, -0.15) is 8.78 Å². The Morgan fingerprint density at radius 3 is 2.19 bits per heavy atom. The van der Waals surface area contributed by atoms with Crippen LogP contribution < -0.4 is 0 Å².